The Kier molecular flexibility index (Phi) is 28.6. The Bertz CT molecular complexity index is 1240. The molecule has 0 aromatic heterocycles. The van der Waals surface area contributed by atoms with Gasteiger partial charge in [-0.2, -0.15) is 0 Å². The van der Waals surface area contributed by atoms with Gasteiger partial charge in [-0.05, 0) is 31.1 Å². The lowest BCUT2D eigenvalue weighted by molar-refractivity contribution is -0.160. The highest BCUT2D eigenvalue weighted by Gasteiger charge is 2.39. The molecule has 0 aliphatic heterocycles. The molecular weight excluding hydrogens is 786 g/mol. The summed E-state index contributed by atoms with van der Waals surface area (Å²) in [6.45, 7) is 3.53. The molecule has 1 rings (SSSR count). The van der Waals surface area contributed by atoms with Crippen LogP contribution in [0.4, 0.5) is 0 Å². The Labute approximate surface area is 339 Å². The number of aliphatic hydroxyl groups excluding tert-OH is 4. The summed E-state index contributed by atoms with van der Waals surface area (Å²) in [5.41, 5.74) is 0. The number of unbranched alkanes of at least 4 members (excludes halogenated alkanes) is 10. The number of hydrogen-bond donors (Lipinski definition) is 7. The van der Waals surface area contributed by atoms with E-state index in [0.29, 0.717) is 19.3 Å². The van der Waals surface area contributed by atoms with Crippen molar-refractivity contribution in [1.29, 1.82) is 0 Å². The molecule has 0 aromatic carbocycles. The van der Waals surface area contributed by atoms with Crippen LogP contribution in [-0.4, -0.2) is 104 Å². The van der Waals surface area contributed by atoms with Crippen molar-refractivity contribution in [3.63, 3.8) is 0 Å². The molecule has 1 aliphatic carbocycles. The zero-order valence-corrected chi connectivity index (χ0v) is 36.0. The molecule has 0 bridgehead atoms. The first-order chi connectivity index (χ1) is 26.9. The summed E-state index contributed by atoms with van der Waals surface area (Å²) in [4.78, 5) is 52.8. The fourth-order valence-corrected chi connectivity index (χ4v) is 7.54. The van der Waals surface area contributed by atoms with Gasteiger partial charge in [0.05, 0.1) is 44.6 Å². The van der Waals surface area contributed by atoms with Crippen LogP contribution in [-0.2, 0) is 41.8 Å². The lowest BCUT2D eigenvalue weighted by Crippen LogP contribution is -2.29. The molecule has 57 heavy (non-hydrogen) atoms. The molecule has 1 fully saturated rings. The lowest BCUT2D eigenvalue weighted by atomic mass is 9.89. The summed E-state index contributed by atoms with van der Waals surface area (Å²) in [5.74, 6) is -1.30. The highest BCUT2D eigenvalue weighted by Crippen LogP contribution is 2.44. The number of hydrogen-bond acceptors (Lipinski definition) is 13. The van der Waals surface area contributed by atoms with E-state index >= 15 is 0 Å². The number of esters is 2. The van der Waals surface area contributed by atoms with Gasteiger partial charge in [-0.15, -0.1) is 0 Å². The summed E-state index contributed by atoms with van der Waals surface area (Å²) in [6, 6.07) is 0. The first-order valence-corrected chi connectivity index (χ1v) is 23.7. The van der Waals surface area contributed by atoms with Crippen LogP contribution in [0, 0.1) is 17.8 Å². The fraction of sp³-hybridized carbons (Fsp3) is 0.846. The van der Waals surface area contributed by atoms with Crippen LogP contribution in [0.25, 0.3) is 0 Å². The number of phosphoric acid groups is 2. The van der Waals surface area contributed by atoms with E-state index in [9.17, 15) is 44.0 Å². The van der Waals surface area contributed by atoms with E-state index in [1.807, 2.05) is 0 Å². The third-order valence-corrected chi connectivity index (χ3v) is 11.0. The topological polar surface area (TPSA) is 256 Å². The first-order valence-electron chi connectivity index (χ1n) is 20.6. The maximum Gasteiger partial charge on any atom is 0.472 e. The number of rotatable bonds is 34. The molecule has 8 atom stereocenters. The smallest absolute Gasteiger partial charge is 0.461 e. The van der Waals surface area contributed by atoms with Crippen molar-refractivity contribution in [2.45, 2.75) is 167 Å². The van der Waals surface area contributed by atoms with Gasteiger partial charge in [0.1, 0.15) is 12.7 Å². The lowest BCUT2D eigenvalue weighted by Gasteiger charge is -2.20. The van der Waals surface area contributed by atoms with Crippen molar-refractivity contribution in [2.24, 2.45) is 17.8 Å². The van der Waals surface area contributed by atoms with Crippen molar-refractivity contribution >= 4 is 27.6 Å². The van der Waals surface area contributed by atoms with Gasteiger partial charge in [0.25, 0.3) is 0 Å². The third-order valence-electron chi connectivity index (χ3n) is 9.61. The molecule has 334 valence electrons. The number of aliphatic hydroxyl groups is 4. The summed E-state index contributed by atoms with van der Waals surface area (Å²) in [7, 11) is -9.78. The molecule has 0 heterocycles. The summed E-state index contributed by atoms with van der Waals surface area (Å²) >= 11 is 0. The van der Waals surface area contributed by atoms with Gasteiger partial charge in [0.2, 0.25) is 0 Å². The van der Waals surface area contributed by atoms with Gasteiger partial charge in [-0.1, -0.05) is 122 Å². The van der Waals surface area contributed by atoms with Gasteiger partial charge >= 0.3 is 27.6 Å². The minimum Gasteiger partial charge on any atom is -0.461 e. The number of carbonyl (C=O) groups is 2. The standard InChI is InChI=1S/C39H72O16P2/c1-4-5-13-19-31(40)23-24-35-34(36(42)25-37(35)43)20-16-17-21-38(44)51-28-33(29-54-57(49,50)53-27-32(41)26-52-56(46,47)48)55-39(45)22-15-12-10-8-6-7-9-11-14-18-30(2)3/h16-17,23-24,30-37,40-43H,4-15,18-22,25-29H2,1-3H3,(H,49,50)(H2,46,47,48)/b17-16-,24-23+/t31-,32+,33-,34+,35-,36+,37-/m1/s1. The monoisotopic (exact) mass is 858 g/mol. The first kappa shape index (κ1) is 53.5. The van der Waals surface area contributed by atoms with Crippen molar-refractivity contribution in [2.75, 3.05) is 26.4 Å². The quantitative estimate of drug-likeness (QED) is 0.0165. The van der Waals surface area contributed by atoms with E-state index in [1.165, 1.54) is 32.1 Å². The van der Waals surface area contributed by atoms with E-state index < -0.39 is 84.5 Å². The van der Waals surface area contributed by atoms with Gasteiger partial charge in [0, 0.05) is 18.8 Å². The highest BCUT2D eigenvalue weighted by molar-refractivity contribution is 7.47. The SMILES string of the molecule is CCCCC[C@@H](O)/C=C/[C@@H]1[C@H](C/C=C\CC(=O)OC[C@H](COP(=O)(O)OC[C@@H](O)COP(=O)(O)O)OC(=O)CCCCCCCCCCCC(C)C)[C@@H](O)C[C@H]1O. The molecule has 7 N–H and O–H groups in total. The Morgan fingerprint density at radius 3 is 1.96 bits per heavy atom. The van der Waals surface area contributed by atoms with E-state index in [-0.39, 0.29) is 31.1 Å². The van der Waals surface area contributed by atoms with Gasteiger partial charge in [-0.3, -0.25) is 23.2 Å². The Hall–Kier alpha value is -1.52. The number of phosphoric ester groups is 2. The fourth-order valence-electron chi connectivity index (χ4n) is 6.39. The Morgan fingerprint density at radius 1 is 0.737 bits per heavy atom. The molecule has 0 amide bonds. The van der Waals surface area contributed by atoms with Crippen LogP contribution in [0.2, 0.25) is 0 Å². The Balaban J connectivity index is 2.66. The molecule has 1 unspecified atom stereocenters. The summed E-state index contributed by atoms with van der Waals surface area (Å²) in [6.07, 6.45) is 16.2. The van der Waals surface area contributed by atoms with E-state index in [4.69, 9.17) is 23.8 Å². The third kappa shape index (κ3) is 28.6. The zero-order valence-electron chi connectivity index (χ0n) is 34.2. The van der Waals surface area contributed by atoms with Crippen LogP contribution in [0.5, 0.6) is 0 Å². The minimum absolute atomic E-state index is 0.0666. The molecule has 0 aromatic rings. The number of carbonyl (C=O) groups excluding carboxylic acids is 2. The Morgan fingerprint density at radius 2 is 1.33 bits per heavy atom. The predicted molar refractivity (Wildman–Crippen MR) is 213 cm³/mol. The zero-order chi connectivity index (χ0) is 42.7. The van der Waals surface area contributed by atoms with E-state index in [2.05, 4.69) is 29.8 Å². The molecule has 18 heteroatoms. The second kappa shape index (κ2) is 30.5. The van der Waals surface area contributed by atoms with Crippen LogP contribution < -0.4 is 0 Å². The minimum atomic E-state index is -4.90. The van der Waals surface area contributed by atoms with Crippen LogP contribution >= 0.6 is 15.6 Å². The van der Waals surface area contributed by atoms with E-state index in [1.54, 1.807) is 24.3 Å². The van der Waals surface area contributed by atoms with Crippen molar-refractivity contribution in [1.82, 2.24) is 0 Å². The van der Waals surface area contributed by atoms with Crippen LogP contribution in [0.1, 0.15) is 136 Å². The number of allylic oxidation sites excluding steroid dienone is 1. The molecule has 0 spiro atoms. The summed E-state index contributed by atoms with van der Waals surface area (Å²) < 4.78 is 47.6. The molecular formula is C39H72O16P2. The maximum absolute atomic E-state index is 12.7. The van der Waals surface area contributed by atoms with Gasteiger partial charge < -0.3 is 44.6 Å². The average Bonchev–Trinajstić information content (AvgIpc) is 3.41. The van der Waals surface area contributed by atoms with Gasteiger partial charge in [-0.25, -0.2) is 9.13 Å². The van der Waals surface area contributed by atoms with Crippen molar-refractivity contribution in [3.8, 4) is 0 Å². The molecule has 16 nitrogen and oxygen atoms in total. The molecule has 1 saturated carbocycles. The number of ether oxygens (including phenoxy) is 2. The van der Waals surface area contributed by atoms with Crippen LogP contribution in [0.3, 0.4) is 0 Å². The van der Waals surface area contributed by atoms with Gasteiger partial charge in [0.15, 0.2) is 6.10 Å². The van der Waals surface area contributed by atoms with E-state index in [0.717, 1.165) is 50.9 Å². The highest BCUT2D eigenvalue weighted by atomic mass is 31.2. The second-order valence-electron chi connectivity index (χ2n) is 15.4. The maximum atomic E-state index is 12.7. The second-order valence-corrected chi connectivity index (χ2v) is 18.1. The summed E-state index contributed by atoms with van der Waals surface area (Å²) in [5, 5.41) is 41.0. The molecule has 0 radical (unpaired) electrons. The molecule has 0 saturated heterocycles. The van der Waals surface area contributed by atoms with Crippen molar-refractivity contribution < 1.29 is 76.9 Å². The molecule has 1 aliphatic rings. The average molecular weight is 859 g/mol. The van der Waals surface area contributed by atoms with Crippen LogP contribution in [0.15, 0.2) is 24.3 Å². The van der Waals surface area contributed by atoms with Crippen molar-refractivity contribution in [3.05, 3.63) is 24.3 Å². The predicted octanol–water partition coefficient (Wildman–Crippen LogP) is 6.18. The normalized spacial score (nSPS) is 21.6. The largest absolute Gasteiger partial charge is 0.472 e.